The molecule has 0 aliphatic rings. The zero-order valence-electron chi connectivity index (χ0n) is 19.4. The van der Waals surface area contributed by atoms with Gasteiger partial charge in [0.2, 0.25) is 5.76 Å². The Morgan fingerprint density at radius 2 is 1.91 bits per heavy atom. The third kappa shape index (κ3) is 5.80. The minimum Gasteiger partial charge on any atom is -0.491 e. The molecular weight excluding hydrogens is 479 g/mol. The van der Waals surface area contributed by atoms with Crippen molar-refractivity contribution >= 4 is 23.5 Å². The van der Waals surface area contributed by atoms with Crippen molar-refractivity contribution < 1.29 is 33.5 Å². The number of ether oxygens (including phenoxy) is 1. The van der Waals surface area contributed by atoms with Crippen LogP contribution in [0.3, 0.4) is 0 Å². The number of carbonyl (C=O) groups excluding carboxylic acids is 1. The van der Waals surface area contributed by atoms with Gasteiger partial charge in [0.15, 0.2) is 0 Å². The number of carboxylic acid groups (broad SMARTS) is 1. The van der Waals surface area contributed by atoms with Crippen molar-refractivity contribution in [2.24, 2.45) is 5.41 Å². The van der Waals surface area contributed by atoms with E-state index in [9.17, 15) is 24.2 Å². The maximum atomic E-state index is 14.4. The van der Waals surface area contributed by atoms with E-state index in [0.717, 1.165) is 6.07 Å². The number of halogens is 2. The number of nitrogens with zero attached hydrogens (tertiary/aromatic N) is 1. The van der Waals surface area contributed by atoms with Crippen LogP contribution in [-0.4, -0.2) is 46.5 Å². The number of aromatic hydroxyl groups is 1. The number of carboxylic acids is 1. The van der Waals surface area contributed by atoms with Gasteiger partial charge >= 0.3 is 5.97 Å². The molecule has 1 amide bonds. The third-order valence-corrected chi connectivity index (χ3v) is 6.11. The number of carbonyl (C=O) groups is 2. The van der Waals surface area contributed by atoms with Crippen LogP contribution in [0.15, 0.2) is 53.1 Å². The molecule has 10 heteroatoms. The van der Waals surface area contributed by atoms with Crippen molar-refractivity contribution in [2.75, 3.05) is 13.2 Å². The molecule has 0 spiro atoms. The van der Waals surface area contributed by atoms with Crippen molar-refractivity contribution in [3.63, 3.8) is 0 Å². The van der Waals surface area contributed by atoms with Gasteiger partial charge in [-0.3, -0.25) is 9.59 Å². The van der Waals surface area contributed by atoms with Crippen LogP contribution in [0.4, 0.5) is 4.39 Å². The lowest BCUT2D eigenvalue weighted by Gasteiger charge is -2.38. The van der Waals surface area contributed by atoms with Crippen molar-refractivity contribution in [2.45, 2.75) is 32.7 Å². The molecule has 3 rings (SSSR count). The van der Waals surface area contributed by atoms with Gasteiger partial charge in [0.1, 0.15) is 5.82 Å². The number of rotatable bonds is 10. The third-order valence-electron chi connectivity index (χ3n) is 5.87. The molecule has 2 aromatic carbocycles. The first kappa shape index (κ1) is 26.2. The summed E-state index contributed by atoms with van der Waals surface area (Å²) in [4.78, 5) is 25.1. The van der Waals surface area contributed by atoms with Crippen LogP contribution in [0.5, 0.6) is 5.88 Å². The predicted octanol–water partition coefficient (Wildman–Crippen LogP) is 4.87. The van der Waals surface area contributed by atoms with E-state index in [1.165, 1.54) is 18.2 Å². The van der Waals surface area contributed by atoms with Gasteiger partial charge in [-0.2, -0.15) is 0 Å². The molecule has 8 nitrogen and oxygen atoms in total. The first-order valence-corrected chi connectivity index (χ1v) is 11.3. The number of benzene rings is 2. The minimum absolute atomic E-state index is 0.114. The summed E-state index contributed by atoms with van der Waals surface area (Å²) in [5.41, 5.74) is 0.0225. The molecular formula is C25H26ClFN2O6. The van der Waals surface area contributed by atoms with Gasteiger partial charge in [-0.25, -0.2) is 4.39 Å². The van der Waals surface area contributed by atoms with Crippen molar-refractivity contribution in [1.82, 2.24) is 10.5 Å². The smallest absolute Gasteiger partial charge is 0.312 e. The zero-order chi connectivity index (χ0) is 25.8. The molecule has 3 aromatic rings. The van der Waals surface area contributed by atoms with E-state index in [1.54, 1.807) is 45.0 Å². The van der Waals surface area contributed by atoms with Crippen LogP contribution >= 0.6 is 11.6 Å². The van der Waals surface area contributed by atoms with Crippen LogP contribution < -0.4 is 5.32 Å². The number of amides is 1. The Morgan fingerprint density at radius 3 is 2.49 bits per heavy atom. The van der Waals surface area contributed by atoms with Crippen molar-refractivity contribution in [1.29, 1.82) is 0 Å². The van der Waals surface area contributed by atoms with Crippen LogP contribution in [0.25, 0.3) is 11.1 Å². The fourth-order valence-corrected chi connectivity index (χ4v) is 4.30. The van der Waals surface area contributed by atoms with Crippen LogP contribution in [0.1, 0.15) is 42.8 Å². The number of aromatic nitrogens is 1. The van der Waals surface area contributed by atoms with E-state index in [0.29, 0.717) is 28.3 Å². The van der Waals surface area contributed by atoms with Gasteiger partial charge in [0.25, 0.3) is 11.8 Å². The quantitative estimate of drug-likeness (QED) is 0.360. The SMILES string of the molecule is CCOCC(C)(C(=O)O)C(c1ccc(-c2cc(Cl)ccc2F)cc1)C(C)NC(=O)c1cc(O)no1. The Balaban J connectivity index is 2.00. The molecule has 0 aliphatic heterocycles. The molecule has 3 unspecified atom stereocenters. The van der Waals surface area contributed by atoms with Gasteiger partial charge in [0, 0.05) is 29.2 Å². The van der Waals surface area contributed by atoms with Crippen LogP contribution in [0, 0.1) is 11.2 Å². The van der Waals surface area contributed by atoms with Gasteiger partial charge < -0.3 is 24.8 Å². The van der Waals surface area contributed by atoms with Gasteiger partial charge in [0.05, 0.1) is 18.1 Å². The van der Waals surface area contributed by atoms with E-state index >= 15 is 0 Å². The highest BCUT2D eigenvalue weighted by atomic mass is 35.5. The second-order valence-corrected chi connectivity index (χ2v) is 8.83. The molecule has 0 saturated carbocycles. The highest BCUT2D eigenvalue weighted by molar-refractivity contribution is 6.30. The number of hydrogen-bond acceptors (Lipinski definition) is 6. The summed E-state index contributed by atoms with van der Waals surface area (Å²) in [7, 11) is 0. The monoisotopic (exact) mass is 504 g/mol. The van der Waals surface area contributed by atoms with E-state index in [-0.39, 0.29) is 12.4 Å². The summed E-state index contributed by atoms with van der Waals surface area (Å²) in [5, 5.41) is 25.9. The van der Waals surface area contributed by atoms with Crippen LogP contribution in [-0.2, 0) is 9.53 Å². The zero-order valence-corrected chi connectivity index (χ0v) is 20.2. The second kappa shape index (κ2) is 10.9. The maximum absolute atomic E-state index is 14.4. The Morgan fingerprint density at radius 1 is 1.23 bits per heavy atom. The van der Waals surface area contributed by atoms with Crippen molar-refractivity contribution in [3.05, 3.63) is 70.7 Å². The standard InChI is InChI=1S/C25H26ClFN2O6/c1-4-34-13-25(3,24(32)33)22(14(2)28-23(31)20-12-21(30)29-35-20)16-7-5-15(6-8-16)18-11-17(26)9-10-19(18)27/h5-12,14,22H,4,13H2,1-3H3,(H,28,31)(H,29,30)(H,32,33). The number of nitrogens with one attached hydrogen (secondary N) is 1. The maximum Gasteiger partial charge on any atom is 0.312 e. The topological polar surface area (TPSA) is 122 Å². The average Bonchev–Trinajstić information content (AvgIpc) is 3.26. The first-order valence-electron chi connectivity index (χ1n) is 10.9. The van der Waals surface area contributed by atoms with E-state index in [4.69, 9.17) is 20.9 Å². The molecule has 0 aliphatic carbocycles. The van der Waals surface area contributed by atoms with Gasteiger partial charge in [-0.15, -0.1) is 0 Å². The normalized spacial score (nSPS) is 14.7. The number of aliphatic carboxylic acids is 1. The minimum atomic E-state index is -1.44. The highest BCUT2D eigenvalue weighted by Gasteiger charge is 2.46. The molecule has 186 valence electrons. The summed E-state index contributed by atoms with van der Waals surface area (Å²) in [6.07, 6.45) is 0. The summed E-state index contributed by atoms with van der Waals surface area (Å²) < 4.78 is 24.7. The molecule has 1 heterocycles. The highest BCUT2D eigenvalue weighted by Crippen LogP contribution is 2.40. The van der Waals surface area contributed by atoms with E-state index < -0.39 is 40.9 Å². The molecule has 3 N–H and O–H groups in total. The molecule has 1 aromatic heterocycles. The van der Waals surface area contributed by atoms with Gasteiger partial charge in [-0.05, 0) is 55.3 Å². The molecule has 3 atom stereocenters. The fraction of sp³-hybridized carbons (Fsp3) is 0.320. The summed E-state index contributed by atoms with van der Waals surface area (Å²) >= 11 is 6.02. The largest absolute Gasteiger partial charge is 0.491 e. The molecule has 0 fully saturated rings. The average molecular weight is 505 g/mol. The van der Waals surface area contributed by atoms with Gasteiger partial charge in [-0.1, -0.05) is 35.9 Å². The molecule has 0 radical (unpaired) electrons. The Bertz CT molecular complexity index is 1200. The van der Waals surface area contributed by atoms with Crippen molar-refractivity contribution in [3.8, 4) is 17.0 Å². The summed E-state index contributed by atoms with van der Waals surface area (Å²) in [6.45, 7) is 5.16. The fourth-order valence-electron chi connectivity index (χ4n) is 4.13. The molecule has 0 saturated heterocycles. The number of hydrogen-bond donors (Lipinski definition) is 3. The lowest BCUT2D eigenvalue weighted by molar-refractivity contribution is -0.154. The summed E-state index contributed by atoms with van der Waals surface area (Å²) in [6, 6.07) is 11.3. The predicted molar refractivity (Wildman–Crippen MR) is 127 cm³/mol. The lowest BCUT2D eigenvalue weighted by Crippen LogP contribution is -2.48. The van der Waals surface area contributed by atoms with E-state index in [1.807, 2.05) is 0 Å². The van der Waals surface area contributed by atoms with Crippen LogP contribution in [0.2, 0.25) is 5.02 Å². The molecule has 0 bridgehead atoms. The first-order chi connectivity index (χ1) is 16.6. The lowest BCUT2D eigenvalue weighted by atomic mass is 9.70. The Kier molecular flexibility index (Phi) is 8.14. The van der Waals surface area contributed by atoms with E-state index in [2.05, 4.69) is 10.5 Å². The Labute approximate surface area is 206 Å². The molecule has 35 heavy (non-hydrogen) atoms. The Hall–Kier alpha value is -3.43. The second-order valence-electron chi connectivity index (χ2n) is 8.40. The summed E-state index contributed by atoms with van der Waals surface area (Å²) in [5.74, 6) is -3.65.